The van der Waals surface area contributed by atoms with Crippen LogP contribution in [0.1, 0.15) is 56.8 Å². The molecule has 3 rings (SSSR count). The van der Waals surface area contributed by atoms with Gasteiger partial charge >= 0.3 is 0 Å². The number of amides is 1. The zero-order valence-corrected chi connectivity index (χ0v) is 16.8. The topological polar surface area (TPSA) is 47.6 Å². The molecular formula is C23H29NO3. The predicted octanol–water partition coefficient (Wildman–Crippen LogP) is 4.74. The smallest absolute Gasteiger partial charge is 0.261 e. The number of para-hydroxylation sites is 1. The van der Waals surface area contributed by atoms with Crippen LogP contribution in [0.15, 0.2) is 42.5 Å². The number of rotatable bonds is 5. The SMILES string of the molecule is CCc1ccccc1O[C@@H](C)C(=O)N[C@@H]1CC(C)(C)Oc2cc(C)ccc21. The molecule has 0 bridgehead atoms. The van der Waals surface area contributed by atoms with E-state index in [4.69, 9.17) is 9.47 Å². The summed E-state index contributed by atoms with van der Waals surface area (Å²) in [6.45, 7) is 10.0. The van der Waals surface area contributed by atoms with Crippen LogP contribution < -0.4 is 14.8 Å². The van der Waals surface area contributed by atoms with Crippen LogP contribution in [0.25, 0.3) is 0 Å². The maximum absolute atomic E-state index is 12.8. The highest BCUT2D eigenvalue weighted by molar-refractivity contribution is 5.81. The summed E-state index contributed by atoms with van der Waals surface area (Å²) in [5.41, 5.74) is 2.93. The molecule has 4 nitrogen and oxygen atoms in total. The molecule has 2 aromatic carbocycles. The maximum atomic E-state index is 12.8. The summed E-state index contributed by atoms with van der Waals surface area (Å²) in [4.78, 5) is 12.8. The van der Waals surface area contributed by atoms with E-state index in [-0.39, 0.29) is 17.6 Å². The second kappa shape index (κ2) is 7.63. The van der Waals surface area contributed by atoms with Crippen molar-refractivity contribution in [3.05, 3.63) is 59.2 Å². The third-order valence-corrected chi connectivity index (χ3v) is 4.97. The first-order chi connectivity index (χ1) is 12.8. The summed E-state index contributed by atoms with van der Waals surface area (Å²) in [5, 5.41) is 3.16. The minimum absolute atomic E-state index is 0.0932. The highest BCUT2D eigenvalue weighted by Crippen LogP contribution is 2.40. The molecule has 0 saturated heterocycles. The number of ether oxygens (including phenoxy) is 2. The van der Waals surface area contributed by atoms with Crippen molar-refractivity contribution in [2.45, 2.75) is 65.2 Å². The van der Waals surface area contributed by atoms with Crippen molar-refractivity contribution in [1.82, 2.24) is 5.32 Å². The van der Waals surface area contributed by atoms with Crippen LogP contribution in [0.4, 0.5) is 0 Å². The molecule has 0 radical (unpaired) electrons. The Kier molecular flexibility index (Phi) is 5.45. The fourth-order valence-electron chi connectivity index (χ4n) is 3.53. The fraction of sp³-hybridized carbons (Fsp3) is 0.435. The molecule has 0 aromatic heterocycles. The van der Waals surface area contributed by atoms with Crippen LogP contribution >= 0.6 is 0 Å². The zero-order valence-electron chi connectivity index (χ0n) is 16.8. The van der Waals surface area contributed by atoms with Gasteiger partial charge in [-0.2, -0.15) is 0 Å². The van der Waals surface area contributed by atoms with Gasteiger partial charge in [-0.25, -0.2) is 0 Å². The highest BCUT2D eigenvalue weighted by Gasteiger charge is 2.35. The molecule has 1 aliphatic rings. The Morgan fingerprint density at radius 2 is 2.04 bits per heavy atom. The molecule has 1 N–H and O–H groups in total. The molecule has 0 saturated carbocycles. The largest absolute Gasteiger partial charge is 0.487 e. The fourth-order valence-corrected chi connectivity index (χ4v) is 3.53. The number of fused-ring (bicyclic) bond motifs is 1. The van der Waals surface area contributed by atoms with Crippen molar-refractivity contribution in [2.75, 3.05) is 0 Å². The van der Waals surface area contributed by atoms with Crippen LogP contribution in [0.3, 0.4) is 0 Å². The average Bonchev–Trinajstić information content (AvgIpc) is 2.60. The Bertz CT molecular complexity index is 828. The van der Waals surface area contributed by atoms with E-state index in [1.807, 2.05) is 43.3 Å². The lowest BCUT2D eigenvalue weighted by molar-refractivity contribution is -0.128. The molecule has 0 fully saturated rings. The van der Waals surface area contributed by atoms with Crippen molar-refractivity contribution in [2.24, 2.45) is 0 Å². The lowest BCUT2D eigenvalue weighted by atomic mass is 9.89. The molecule has 0 aliphatic carbocycles. The van der Waals surface area contributed by atoms with Gasteiger partial charge in [0.25, 0.3) is 5.91 Å². The van der Waals surface area contributed by atoms with Gasteiger partial charge in [0.1, 0.15) is 17.1 Å². The molecule has 0 spiro atoms. The van der Waals surface area contributed by atoms with Crippen molar-refractivity contribution < 1.29 is 14.3 Å². The van der Waals surface area contributed by atoms with Crippen LogP contribution in [-0.2, 0) is 11.2 Å². The third kappa shape index (κ3) is 4.44. The van der Waals surface area contributed by atoms with Crippen molar-refractivity contribution in [3.8, 4) is 11.5 Å². The molecular weight excluding hydrogens is 338 g/mol. The van der Waals surface area contributed by atoms with Crippen molar-refractivity contribution in [1.29, 1.82) is 0 Å². The summed E-state index contributed by atoms with van der Waals surface area (Å²) in [5.74, 6) is 1.50. The monoisotopic (exact) mass is 367 g/mol. The van der Waals surface area contributed by atoms with Crippen LogP contribution in [-0.4, -0.2) is 17.6 Å². The Labute approximate surface area is 161 Å². The lowest BCUT2D eigenvalue weighted by Gasteiger charge is -2.38. The van der Waals surface area contributed by atoms with Gasteiger partial charge in [0.2, 0.25) is 0 Å². The number of benzene rings is 2. The minimum atomic E-state index is -0.572. The first-order valence-corrected chi connectivity index (χ1v) is 9.63. The summed E-state index contributed by atoms with van der Waals surface area (Å²) in [6, 6.07) is 13.9. The molecule has 144 valence electrons. The first-order valence-electron chi connectivity index (χ1n) is 9.63. The number of carbonyl (C=O) groups is 1. The van der Waals surface area contributed by atoms with E-state index in [2.05, 4.69) is 32.2 Å². The Morgan fingerprint density at radius 1 is 1.30 bits per heavy atom. The summed E-state index contributed by atoms with van der Waals surface area (Å²) < 4.78 is 12.1. The highest BCUT2D eigenvalue weighted by atomic mass is 16.5. The molecule has 1 amide bonds. The van der Waals surface area contributed by atoms with E-state index in [1.165, 1.54) is 0 Å². The maximum Gasteiger partial charge on any atom is 0.261 e. The van der Waals surface area contributed by atoms with Crippen molar-refractivity contribution in [3.63, 3.8) is 0 Å². The normalized spacial score (nSPS) is 18.8. The average molecular weight is 367 g/mol. The van der Waals surface area contributed by atoms with Gasteiger partial charge in [-0.15, -0.1) is 0 Å². The van der Waals surface area contributed by atoms with Gasteiger partial charge in [-0.1, -0.05) is 37.3 Å². The quantitative estimate of drug-likeness (QED) is 0.830. The third-order valence-electron chi connectivity index (χ3n) is 4.97. The standard InChI is InChI=1S/C23H29NO3/c1-6-17-9-7-8-10-20(17)26-16(3)22(25)24-19-14-23(4,5)27-21-13-15(2)11-12-18(19)21/h7-13,16,19H,6,14H2,1-5H3,(H,24,25)/t16-,19+/m0/s1. The second-order valence-corrected chi connectivity index (χ2v) is 7.89. The van der Waals surface area contributed by atoms with Gasteiger partial charge in [0.05, 0.1) is 6.04 Å². The van der Waals surface area contributed by atoms with E-state index in [9.17, 15) is 4.79 Å². The Hall–Kier alpha value is -2.49. The van der Waals surface area contributed by atoms with Crippen LogP contribution in [0, 0.1) is 6.92 Å². The summed E-state index contributed by atoms with van der Waals surface area (Å²) in [7, 11) is 0. The van der Waals surface area contributed by atoms with E-state index in [0.717, 1.165) is 34.6 Å². The van der Waals surface area contributed by atoms with E-state index in [0.29, 0.717) is 6.42 Å². The van der Waals surface area contributed by atoms with Gasteiger partial charge in [-0.05, 0) is 57.4 Å². The molecule has 4 heteroatoms. The molecule has 1 heterocycles. The van der Waals surface area contributed by atoms with Gasteiger partial charge in [0, 0.05) is 12.0 Å². The van der Waals surface area contributed by atoms with Gasteiger partial charge in [0.15, 0.2) is 6.10 Å². The van der Waals surface area contributed by atoms with Gasteiger partial charge < -0.3 is 14.8 Å². The van der Waals surface area contributed by atoms with E-state index in [1.54, 1.807) is 6.92 Å². The molecule has 27 heavy (non-hydrogen) atoms. The molecule has 2 atom stereocenters. The van der Waals surface area contributed by atoms with Crippen LogP contribution in [0.5, 0.6) is 11.5 Å². The van der Waals surface area contributed by atoms with E-state index >= 15 is 0 Å². The van der Waals surface area contributed by atoms with Gasteiger partial charge in [-0.3, -0.25) is 4.79 Å². The summed E-state index contributed by atoms with van der Waals surface area (Å²) >= 11 is 0. The number of carbonyl (C=O) groups excluding carboxylic acids is 1. The lowest BCUT2D eigenvalue weighted by Crippen LogP contribution is -2.44. The molecule has 1 aliphatic heterocycles. The predicted molar refractivity (Wildman–Crippen MR) is 107 cm³/mol. The number of aryl methyl sites for hydroxylation is 2. The minimum Gasteiger partial charge on any atom is -0.487 e. The number of hydrogen-bond acceptors (Lipinski definition) is 3. The number of nitrogens with one attached hydrogen (secondary N) is 1. The Balaban J connectivity index is 1.75. The molecule has 2 aromatic rings. The van der Waals surface area contributed by atoms with E-state index < -0.39 is 6.10 Å². The number of hydrogen-bond donors (Lipinski definition) is 1. The first kappa shape index (κ1) is 19.3. The van der Waals surface area contributed by atoms with Crippen LogP contribution in [0.2, 0.25) is 0 Å². The summed E-state index contributed by atoms with van der Waals surface area (Å²) in [6.07, 6.45) is 1.01. The second-order valence-electron chi connectivity index (χ2n) is 7.89. The molecule has 0 unspecified atom stereocenters. The zero-order chi connectivity index (χ0) is 19.6. The Morgan fingerprint density at radius 3 is 2.78 bits per heavy atom. The van der Waals surface area contributed by atoms with Crippen molar-refractivity contribution >= 4 is 5.91 Å².